The highest BCUT2D eigenvalue weighted by Crippen LogP contribution is 2.38. The molecule has 2 unspecified atom stereocenters. The van der Waals surface area contributed by atoms with Crippen LogP contribution in [0.5, 0.6) is 0 Å². The van der Waals surface area contributed by atoms with Crippen molar-refractivity contribution in [3.05, 3.63) is 0 Å². The molecule has 0 amide bonds. The molecule has 0 aromatic rings. The molecule has 2 aliphatic rings. The van der Waals surface area contributed by atoms with Crippen LogP contribution in [0, 0.1) is 5.92 Å². The van der Waals surface area contributed by atoms with Gasteiger partial charge in [-0.3, -0.25) is 4.79 Å². The Labute approximate surface area is 110 Å². The van der Waals surface area contributed by atoms with E-state index in [9.17, 15) is 4.79 Å². The molecule has 1 saturated heterocycles. The summed E-state index contributed by atoms with van der Waals surface area (Å²) in [5, 5.41) is 0. The summed E-state index contributed by atoms with van der Waals surface area (Å²) in [5.41, 5.74) is 0. The first-order valence-corrected chi connectivity index (χ1v) is 7.66. The second kappa shape index (κ2) is 7.90. The van der Waals surface area contributed by atoms with Gasteiger partial charge in [-0.25, -0.2) is 9.78 Å². The van der Waals surface area contributed by atoms with Gasteiger partial charge >= 0.3 is 0 Å². The molecule has 0 aromatic carbocycles. The summed E-state index contributed by atoms with van der Waals surface area (Å²) in [5.74, 6) is 1.03. The van der Waals surface area contributed by atoms with Gasteiger partial charge < -0.3 is 0 Å². The Kier molecular flexibility index (Phi) is 6.15. The van der Waals surface area contributed by atoms with Gasteiger partial charge in [0.25, 0.3) is 0 Å². The number of hydrogen-bond acceptors (Lipinski definition) is 3. The third-order valence-electron chi connectivity index (χ3n) is 4.04. The molecular weight excluding hydrogens is 228 g/mol. The van der Waals surface area contributed by atoms with Crippen LogP contribution in [-0.2, 0) is 14.6 Å². The van der Waals surface area contributed by atoms with Crippen molar-refractivity contribution in [1.82, 2.24) is 0 Å². The maximum atomic E-state index is 11.5. The molecule has 18 heavy (non-hydrogen) atoms. The van der Waals surface area contributed by atoms with E-state index in [0.717, 1.165) is 19.3 Å². The Morgan fingerprint density at radius 3 is 2.44 bits per heavy atom. The van der Waals surface area contributed by atoms with Gasteiger partial charge in [0.05, 0.1) is 12.7 Å². The van der Waals surface area contributed by atoms with Crippen LogP contribution in [0.4, 0.5) is 0 Å². The summed E-state index contributed by atoms with van der Waals surface area (Å²) in [4.78, 5) is 22.0. The predicted octanol–water partition coefficient (Wildman–Crippen LogP) is 3.81. The Bertz CT molecular complexity index is 252. The Hall–Kier alpha value is -0.410. The molecule has 1 aliphatic carbocycles. The molecule has 1 saturated carbocycles. The van der Waals surface area contributed by atoms with Crippen molar-refractivity contribution in [2.75, 3.05) is 6.61 Å². The van der Waals surface area contributed by atoms with Crippen molar-refractivity contribution >= 4 is 5.78 Å². The zero-order valence-electron chi connectivity index (χ0n) is 11.4. The van der Waals surface area contributed by atoms with Crippen LogP contribution in [0.3, 0.4) is 0 Å². The zero-order chi connectivity index (χ0) is 12.6. The van der Waals surface area contributed by atoms with E-state index in [1.54, 1.807) is 0 Å². The van der Waals surface area contributed by atoms with Crippen molar-refractivity contribution < 1.29 is 14.6 Å². The third kappa shape index (κ3) is 5.49. The van der Waals surface area contributed by atoms with Gasteiger partial charge in [-0.05, 0) is 25.2 Å². The van der Waals surface area contributed by atoms with Crippen LogP contribution in [0.15, 0.2) is 0 Å². The lowest BCUT2D eigenvalue weighted by atomic mass is 10.0. The van der Waals surface area contributed by atoms with E-state index in [4.69, 9.17) is 9.78 Å². The van der Waals surface area contributed by atoms with E-state index in [-0.39, 0.29) is 0 Å². The molecule has 0 aromatic heterocycles. The zero-order valence-corrected chi connectivity index (χ0v) is 11.4. The highest BCUT2D eigenvalue weighted by Gasteiger charge is 2.38. The lowest BCUT2D eigenvalue weighted by Crippen LogP contribution is -2.06. The van der Waals surface area contributed by atoms with Crippen LogP contribution < -0.4 is 0 Å². The molecule has 104 valence electrons. The highest BCUT2D eigenvalue weighted by atomic mass is 17.2. The minimum absolute atomic E-state index is 0.313. The largest absolute Gasteiger partial charge is 0.300 e. The Morgan fingerprint density at radius 2 is 1.61 bits per heavy atom. The summed E-state index contributed by atoms with van der Waals surface area (Å²) in [7, 11) is 0. The molecule has 3 heteroatoms. The van der Waals surface area contributed by atoms with Crippen LogP contribution in [-0.4, -0.2) is 18.5 Å². The molecular formula is C15H26O3. The average molecular weight is 254 g/mol. The van der Waals surface area contributed by atoms with E-state index >= 15 is 0 Å². The van der Waals surface area contributed by atoms with E-state index in [1.807, 2.05) is 0 Å². The first kappa shape index (κ1) is 14.0. The summed E-state index contributed by atoms with van der Waals surface area (Å²) in [6.07, 6.45) is 12.9. The second-order valence-electron chi connectivity index (χ2n) is 5.75. The van der Waals surface area contributed by atoms with Gasteiger partial charge in [0.2, 0.25) is 0 Å². The Morgan fingerprint density at radius 1 is 0.889 bits per heavy atom. The minimum Gasteiger partial charge on any atom is -0.300 e. The quantitative estimate of drug-likeness (QED) is 0.617. The van der Waals surface area contributed by atoms with Gasteiger partial charge in [0.15, 0.2) is 0 Å². The Balaban J connectivity index is 1.64. The van der Waals surface area contributed by atoms with Crippen LogP contribution in [0.1, 0.15) is 70.6 Å². The fourth-order valence-electron chi connectivity index (χ4n) is 2.67. The van der Waals surface area contributed by atoms with E-state index < -0.39 is 0 Å². The fraction of sp³-hybridized carbons (Fsp3) is 0.933. The maximum absolute atomic E-state index is 11.5. The lowest BCUT2D eigenvalue weighted by molar-refractivity contribution is -0.305. The smallest absolute Gasteiger partial charge is 0.135 e. The molecule has 3 nitrogen and oxygen atoms in total. The third-order valence-corrected chi connectivity index (χ3v) is 4.04. The summed E-state index contributed by atoms with van der Waals surface area (Å²) in [6.45, 7) is 0.433. The average Bonchev–Trinajstić information content (AvgIpc) is 3.10. The first-order valence-electron chi connectivity index (χ1n) is 7.66. The normalized spacial score (nSPS) is 32.8. The lowest BCUT2D eigenvalue weighted by Gasteiger charge is -2.06. The van der Waals surface area contributed by atoms with Crippen molar-refractivity contribution in [2.24, 2.45) is 5.92 Å². The van der Waals surface area contributed by atoms with Gasteiger partial charge in [-0.1, -0.05) is 38.5 Å². The molecule has 0 bridgehead atoms. The molecule has 1 aliphatic heterocycles. The minimum atomic E-state index is 0.313. The van der Waals surface area contributed by atoms with Gasteiger partial charge in [0.1, 0.15) is 5.78 Å². The van der Waals surface area contributed by atoms with Crippen LogP contribution in [0.25, 0.3) is 0 Å². The van der Waals surface area contributed by atoms with Crippen LogP contribution in [0.2, 0.25) is 0 Å². The number of carbonyl (C=O) groups excluding carboxylic acids is 1. The molecule has 2 rings (SSSR count). The molecule has 0 radical (unpaired) electrons. The fourth-order valence-corrected chi connectivity index (χ4v) is 2.67. The van der Waals surface area contributed by atoms with Crippen molar-refractivity contribution in [3.8, 4) is 0 Å². The molecule has 2 fully saturated rings. The van der Waals surface area contributed by atoms with Gasteiger partial charge in [-0.2, -0.15) is 0 Å². The molecule has 1 heterocycles. The number of rotatable bonds is 0. The van der Waals surface area contributed by atoms with E-state index in [0.29, 0.717) is 30.8 Å². The standard InChI is InChI=1S/C15H26O3/c16-14-9-7-5-3-1-2-4-6-8-13-12-15(13)18-17-11-10-14/h13,15H,1-12H2. The molecule has 2 atom stereocenters. The number of fused-ring (bicyclic) bond motifs is 1. The summed E-state index contributed by atoms with van der Waals surface area (Å²) < 4.78 is 0. The first-order chi connectivity index (χ1) is 8.86. The molecule has 0 N–H and O–H groups in total. The van der Waals surface area contributed by atoms with Gasteiger partial charge in [0, 0.05) is 12.8 Å². The topological polar surface area (TPSA) is 35.5 Å². The highest BCUT2D eigenvalue weighted by molar-refractivity contribution is 5.78. The second-order valence-corrected chi connectivity index (χ2v) is 5.75. The maximum Gasteiger partial charge on any atom is 0.135 e. The van der Waals surface area contributed by atoms with Crippen molar-refractivity contribution in [3.63, 3.8) is 0 Å². The van der Waals surface area contributed by atoms with Crippen LogP contribution >= 0.6 is 0 Å². The number of ketones is 1. The predicted molar refractivity (Wildman–Crippen MR) is 70.1 cm³/mol. The summed E-state index contributed by atoms with van der Waals surface area (Å²) in [6, 6.07) is 0. The molecule has 0 spiro atoms. The SMILES string of the molecule is O=C1CCCCCCCCCC2CC2OOCC1. The van der Waals surface area contributed by atoms with Crippen molar-refractivity contribution in [1.29, 1.82) is 0 Å². The number of Topliss-reactive ketones (excluding diaryl/α,β-unsaturated/α-hetero) is 1. The number of hydrogen-bond donors (Lipinski definition) is 0. The van der Waals surface area contributed by atoms with Crippen molar-refractivity contribution in [2.45, 2.75) is 76.7 Å². The monoisotopic (exact) mass is 254 g/mol. The summed E-state index contributed by atoms with van der Waals surface area (Å²) >= 11 is 0. The number of carbonyl (C=O) groups is 1. The van der Waals surface area contributed by atoms with E-state index in [1.165, 1.54) is 44.9 Å². The van der Waals surface area contributed by atoms with Gasteiger partial charge in [-0.15, -0.1) is 0 Å². The van der Waals surface area contributed by atoms with E-state index in [2.05, 4.69) is 0 Å².